The van der Waals surface area contributed by atoms with Crippen molar-refractivity contribution in [2.24, 2.45) is 0 Å². The first kappa shape index (κ1) is 15.1. The third-order valence-corrected chi connectivity index (χ3v) is 3.83. The van der Waals surface area contributed by atoms with Crippen LogP contribution >= 0.6 is 0 Å². The standard InChI is InChI=1S/C16H26N2O2/c1-3-13-19-15-4-6-16(7-5-15)20-14-12-18-10-8-17(2)9-11-18/h4-7H,3,8-14H2,1-2H3/p+2. The maximum Gasteiger partial charge on any atom is 0.137 e. The van der Waals surface area contributed by atoms with Gasteiger partial charge in [-0.2, -0.15) is 0 Å². The van der Waals surface area contributed by atoms with E-state index >= 15 is 0 Å². The highest BCUT2D eigenvalue weighted by Crippen LogP contribution is 2.17. The van der Waals surface area contributed by atoms with Crippen molar-refractivity contribution in [2.45, 2.75) is 13.3 Å². The minimum atomic E-state index is 0.773. The van der Waals surface area contributed by atoms with Gasteiger partial charge in [0.1, 0.15) is 50.8 Å². The summed E-state index contributed by atoms with van der Waals surface area (Å²) in [6, 6.07) is 7.96. The molecule has 0 aromatic heterocycles. The van der Waals surface area contributed by atoms with Gasteiger partial charge in [0.2, 0.25) is 0 Å². The molecule has 4 heteroatoms. The molecule has 0 spiro atoms. The van der Waals surface area contributed by atoms with Gasteiger partial charge >= 0.3 is 0 Å². The summed E-state index contributed by atoms with van der Waals surface area (Å²) >= 11 is 0. The van der Waals surface area contributed by atoms with Crippen LogP contribution in [0.2, 0.25) is 0 Å². The van der Waals surface area contributed by atoms with Crippen LogP contribution in [0.5, 0.6) is 11.5 Å². The highest BCUT2D eigenvalue weighted by Gasteiger charge is 2.19. The van der Waals surface area contributed by atoms with Crippen LogP contribution in [-0.2, 0) is 0 Å². The van der Waals surface area contributed by atoms with E-state index in [1.807, 2.05) is 24.3 Å². The first-order chi connectivity index (χ1) is 9.78. The van der Waals surface area contributed by atoms with E-state index in [0.29, 0.717) is 0 Å². The van der Waals surface area contributed by atoms with Crippen LogP contribution in [0.25, 0.3) is 0 Å². The van der Waals surface area contributed by atoms with E-state index in [0.717, 1.165) is 37.7 Å². The predicted octanol–water partition coefficient (Wildman–Crippen LogP) is -0.733. The summed E-state index contributed by atoms with van der Waals surface area (Å²) in [7, 11) is 2.27. The topological polar surface area (TPSA) is 27.3 Å². The highest BCUT2D eigenvalue weighted by atomic mass is 16.5. The maximum absolute atomic E-state index is 5.81. The van der Waals surface area contributed by atoms with Crippen LogP contribution in [0.3, 0.4) is 0 Å². The summed E-state index contributed by atoms with van der Waals surface area (Å²) < 4.78 is 11.4. The molecule has 0 unspecified atom stereocenters. The minimum absolute atomic E-state index is 0.773. The van der Waals surface area contributed by atoms with Crippen molar-refractivity contribution in [1.82, 2.24) is 0 Å². The molecule has 1 aliphatic heterocycles. The summed E-state index contributed by atoms with van der Waals surface area (Å²) in [5.41, 5.74) is 0. The first-order valence-corrected chi connectivity index (χ1v) is 7.78. The van der Waals surface area contributed by atoms with Gasteiger partial charge in [0, 0.05) is 0 Å². The molecule has 1 aliphatic rings. The average Bonchev–Trinajstić information content (AvgIpc) is 2.48. The molecule has 1 aromatic rings. The van der Waals surface area contributed by atoms with Crippen LogP contribution in [0, 0.1) is 0 Å². The quantitative estimate of drug-likeness (QED) is 0.689. The molecule has 4 nitrogen and oxygen atoms in total. The molecule has 0 saturated carbocycles. The smallest absolute Gasteiger partial charge is 0.137 e. The number of piperazine rings is 1. The molecule has 1 saturated heterocycles. The number of likely N-dealkylation sites (N-methyl/N-ethyl adjacent to an activating group) is 1. The van der Waals surface area contributed by atoms with Crippen molar-refractivity contribution < 1.29 is 19.3 Å². The van der Waals surface area contributed by atoms with Crippen molar-refractivity contribution in [1.29, 1.82) is 0 Å². The Morgan fingerprint density at radius 1 is 0.900 bits per heavy atom. The molecule has 1 fully saturated rings. The number of rotatable bonds is 7. The van der Waals surface area contributed by atoms with Gasteiger partial charge in [-0.3, -0.25) is 0 Å². The molecular formula is C16H28N2O2+2. The second kappa shape index (κ2) is 8.12. The molecule has 0 aliphatic carbocycles. The molecule has 20 heavy (non-hydrogen) atoms. The Bertz CT molecular complexity index is 373. The van der Waals surface area contributed by atoms with Gasteiger partial charge in [-0.15, -0.1) is 0 Å². The van der Waals surface area contributed by atoms with Crippen molar-refractivity contribution in [3.8, 4) is 11.5 Å². The zero-order chi connectivity index (χ0) is 14.2. The van der Waals surface area contributed by atoms with Gasteiger partial charge in [0.05, 0.1) is 13.7 Å². The van der Waals surface area contributed by atoms with Gasteiger partial charge in [0.15, 0.2) is 0 Å². The van der Waals surface area contributed by atoms with Crippen LogP contribution < -0.4 is 19.3 Å². The van der Waals surface area contributed by atoms with Gasteiger partial charge in [-0.05, 0) is 30.7 Å². The first-order valence-electron chi connectivity index (χ1n) is 7.78. The van der Waals surface area contributed by atoms with E-state index in [1.54, 1.807) is 9.80 Å². The van der Waals surface area contributed by atoms with Crippen molar-refractivity contribution in [3.63, 3.8) is 0 Å². The molecule has 0 radical (unpaired) electrons. The minimum Gasteiger partial charge on any atom is -0.494 e. The zero-order valence-electron chi connectivity index (χ0n) is 12.8. The van der Waals surface area contributed by atoms with Crippen LogP contribution in [0.4, 0.5) is 0 Å². The second-order valence-electron chi connectivity index (χ2n) is 5.63. The van der Waals surface area contributed by atoms with Gasteiger partial charge < -0.3 is 19.3 Å². The summed E-state index contributed by atoms with van der Waals surface area (Å²) in [4.78, 5) is 3.32. The Labute approximate surface area is 122 Å². The number of hydrogen-bond donors (Lipinski definition) is 2. The summed E-state index contributed by atoms with van der Waals surface area (Å²) in [6.45, 7) is 9.86. The fourth-order valence-corrected chi connectivity index (χ4v) is 2.45. The fourth-order valence-electron chi connectivity index (χ4n) is 2.45. The molecule has 0 amide bonds. The number of hydrogen-bond acceptors (Lipinski definition) is 2. The summed E-state index contributed by atoms with van der Waals surface area (Å²) in [6.07, 6.45) is 1.04. The van der Waals surface area contributed by atoms with Crippen molar-refractivity contribution in [3.05, 3.63) is 24.3 Å². The molecule has 0 atom stereocenters. The number of nitrogens with one attached hydrogen (secondary N) is 2. The van der Waals surface area contributed by atoms with Crippen LogP contribution in [0.1, 0.15) is 13.3 Å². The third kappa shape index (κ3) is 5.02. The van der Waals surface area contributed by atoms with E-state index in [9.17, 15) is 0 Å². The lowest BCUT2D eigenvalue weighted by molar-refractivity contribution is -1.00. The highest BCUT2D eigenvalue weighted by molar-refractivity contribution is 5.31. The van der Waals surface area contributed by atoms with Crippen LogP contribution in [-0.4, -0.2) is 53.0 Å². The Balaban J connectivity index is 1.66. The number of quaternary nitrogens is 2. The van der Waals surface area contributed by atoms with E-state index in [1.165, 1.54) is 26.2 Å². The molecule has 112 valence electrons. The van der Waals surface area contributed by atoms with E-state index < -0.39 is 0 Å². The Morgan fingerprint density at radius 3 is 2.00 bits per heavy atom. The largest absolute Gasteiger partial charge is 0.494 e. The molecule has 1 heterocycles. The van der Waals surface area contributed by atoms with E-state index in [4.69, 9.17) is 9.47 Å². The Morgan fingerprint density at radius 2 is 1.45 bits per heavy atom. The van der Waals surface area contributed by atoms with E-state index in [-0.39, 0.29) is 0 Å². The predicted molar refractivity (Wildman–Crippen MR) is 79.9 cm³/mol. The maximum atomic E-state index is 5.81. The van der Waals surface area contributed by atoms with Crippen molar-refractivity contribution in [2.75, 3.05) is 53.0 Å². The normalized spacial score (nSPS) is 22.5. The van der Waals surface area contributed by atoms with Gasteiger partial charge in [-0.1, -0.05) is 6.92 Å². The third-order valence-electron chi connectivity index (χ3n) is 3.83. The number of ether oxygens (including phenoxy) is 2. The molecular weight excluding hydrogens is 252 g/mol. The lowest BCUT2D eigenvalue weighted by atomic mass is 10.3. The zero-order valence-corrected chi connectivity index (χ0v) is 12.8. The average molecular weight is 280 g/mol. The van der Waals surface area contributed by atoms with Crippen molar-refractivity contribution >= 4 is 0 Å². The Kier molecular flexibility index (Phi) is 6.15. The van der Waals surface area contributed by atoms with Gasteiger partial charge in [0.25, 0.3) is 0 Å². The summed E-state index contributed by atoms with van der Waals surface area (Å²) in [5.74, 6) is 1.86. The monoisotopic (exact) mass is 280 g/mol. The SMILES string of the molecule is CCCOc1ccc(OCC[NH+]2CC[NH+](C)CC2)cc1. The molecule has 2 rings (SSSR count). The molecule has 1 aromatic carbocycles. The lowest BCUT2D eigenvalue weighted by Crippen LogP contribution is -3.27. The summed E-state index contributed by atoms with van der Waals surface area (Å²) in [5, 5.41) is 0. The molecule has 2 N–H and O–H groups in total. The van der Waals surface area contributed by atoms with E-state index in [2.05, 4.69) is 14.0 Å². The lowest BCUT2D eigenvalue weighted by Gasteiger charge is -2.27. The Hall–Kier alpha value is -1.26. The van der Waals surface area contributed by atoms with Gasteiger partial charge in [-0.25, -0.2) is 0 Å². The van der Waals surface area contributed by atoms with Crippen LogP contribution in [0.15, 0.2) is 24.3 Å². The molecule has 0 bridgehead atoms. The number of benzene rings is 1. The fraction of sp³-hybridized carbons (Fsp3) is 0.625. The second-order valence-corrected chi connectivity index (χ2v) is 5.63.